The van der Waals surface area contributed by atoms with Crippen LogP contribution in [0.15, 0.2) is 72.5 Å². The van der Waals surface area contributed by atoms with Gasteiger partial charge in [0.25, 0.3) is 5.91 Å². The number of aromatic nitrogens is 3. The molecule has 0 atom stereocenters. The van der Waals surface area contributed by atoms with Gasteiger partial charge in [-0.3, -0.25) is 9.78 Å². The summed E-state index contributed by atoms with van der Waals surface area (Å²) in [4.78, 5) is 25.4. The van der Waals surface area contributed by atoms with Crippen molar-refractivity contribution < 1.29 is 9.53 Å². The van der Waals surface area contributed by atoms with Crippen molar-refractivity contribution in [1.29, 1.82) is 0 Å². The van der Waals surface area contributed by atoms with Gasteiger partial charge in [-0.25, -0.2) is 9.97 Å². The second kappa shape index (κ2) is 8.62. The summed E-state index contributed by atoms with van der Waals surface area (Å²) in [6.45, 7) is 2.39. The fraction of sp³-hybridized carbons (Fsp3) is 0.0909. The quantitative estimate of drug-likeness (QED) is 0.504. The van der Waals surface area contributed by atoms with Crippen molar-refractivity contribution in [2.24, 2.45) is 0 Å². The number of carbonyl (C=O) groups is 1. The minimum absolute atomic E-state index is 0.327. The van der Waals surface area contributed by atoms with E-state index in [1.807, 2.05) is 43.3 Å². The molecule has 1 amide bonds. The van der Waals surface area contributed by atoms with E-state index >= 15 is 0 Å². The summed E-state index contributed by atoms with van der Waals surface area (Å²) < 4.78 is 5.82. The fourth-order valence-corrected chi connectivity index (χ4v) is 3.43. The molecule has 0 aliphatic carbocycles. The van der Waals surface area contributed by atoms with Crippen LogP contribution in [0.5, 0.6) is 5.75 Å². The third-order valence-corrected chi connectivity index (χ3v) is 5.07. The first kappa shape index (κ1) is 18.8. The lowest BCUT2D eigenvalue weighted by atomic mass is 10.2. The van der Waals surface area contributed by atoms with Crippen molar-refractivity contribution in [2.45, 2.75) is 13.5 Å². The zero-order valence-corrected chi connectivity index (χ0v) is 16.5. The molecule has 144 valence electrons. The maximum atomic E-state index is 12.7. The van der Waals surface area contributed by atoms with Crippen LogP contribution in [0.2, 0.25) is 0 Å². The minimum Gasteiger partial charge on any atom is -0.485 e. The third-order valence-electron chi connectivity index (χ3n) is 4.18. The normalized spacial score (nSPS) is 10.5. The lowest BCUT2D eigenvalue weighted by molar-refractivity contribution is 0.102. The lowest BCUT2D eigenvalue weighted by Gasteiger charge is -2.10. The van der Waals surface area contributed by atoms with Crippen LogP contribution in [0, 0.1) is 6.92 Å². The Morgan fingerprint density at radius 2 is 1.86 bits per heavy atom. The van der Waals surface area contributed by atoms with Crippen LogP contribution in [-0.2, 0) is 6.61 Å². The number of amides is 1. The zero-order valence-electron chi connectivity index (χ0n) is 15.7. The van der Waals surface area contributed by atoms with E-state index in [0.29, 0.717) is 23.9 Å². The van der Waals surface area contributed by atoms with Gasteiger partial charge in [-0.1, -0.05) is 29.8 Å². The number of nitrogens with one attached hydrogen (secondary N) is 1. The molecule has 0 unspecified atom stereocenters. The molecule has 0 radical (unpaired) electrons. The predicted molar refractivity (Wildman–Crippen MR) is 113 cm³/mol. The van der Waals surface area contributed by atoms with Crippen LogP contribution in [-0.4, -0.2) is 20.9 Å². The molecule has 4 aromatic rings. The summed E-state index contributed by atoms with van der Waals surface area (Å²) in [5.41, 5.74) is 3.48. The third kappa shape index (κ3) is 4.64. The molecule has 1 N–H and O–H groups in total. The first-order valence-corrected chi connectivity index (χ1v) is 9.87. The van der Waals surface area contributed by atoms with E-state index in [2.05, 4.69) is 20.3 Å². The molecule has 0 aliphatic rings. The highest BCUT2D eigenvalue weighted by atomic mass is 32.1. The highest BCUT2D eigenvalue weighted by molar-refractivity contribution is 7.13. The SMILES string of the molecule is Cc1ccc(-c2nc(C(=O)Nc3ncccc3OCc3ccncc3)cs2)cc1. The van der Waals surface area contributed by atoms with Crippen LogP contribution in [0.3, 0.4) is 0 Å². The molecule has 0 saturated heterocycles. The smallest absolute Gasteiger partial charge is 0.276 e. The van der Waals surface area contributed by atoms with Crippen LogP contribution in [0.1, 0.15) is 21.6 Å². The van der Waals surface area contributed by atoms with Gasteiger partial charge in [0.05, 0.1) is 0 Å². The summed E-state index contributed by atoms with van der Waals surface area (Å²) in [5.74, 6) is 0.523. The van der Waals surface area contributed by atoms with E-state index < -0.39 is 0 Å². The Balaban J connectivity index is 1.47. The Morgan fingerprint density at radius 1 is 1.07 bits per heavy atom. The Kier molecular flexibility index (Phi) is 5.58. The second-order valence-electron chi connectivity index (χ2n) is 6.35. The first-order chi connectivity index (χ1) is 14.2. The number of aryl methyl sites for hydroxylation is 1. The molecule has 0 spiro atoms. The topological polar surface area (TPSA) is 77.0 Å². The molecule has 4 rings (SSSR count). The van der Waals surface area contributed by atoms with Crippen molar-refractivity contribution >= 4 is 23.1 Å². The predicted octanol–water partition coefficient (Wildman–Crippen LogP) is 4.74. The Hall–Kier alpha value is -3.58. The van der Waals surface area contributed by atoms with Gasteiger partial charge in [-0.15, -0.1) is 11.3 Å². The van der Waals surface area contributed by atoms with Crippen LogP contribution in [0.4, 0.5) is 5.82 Å². The van der Waals surface area contributed by atoms with Crippen molar-refractivity contribution in [3.63, 3.8) is 0 Å². The number of nitrogens with zero attached hydrogens (tertiary/aromatic N) is 3. The molecule has 29 heavy (non-hydrogen) atoms. The molecule has 0 saturated carbocycles. The molecule has 1 aromatic carbocycles. The maximum Gasteiger partial charge on any atom is 0.276 e. The minimum atomic E-state index is -0.327. The standard InChI is InChI=1S/C22H18N4O2S/c1-15-4-6-17(7-5-15)22-25-18(14-29-22)21(27)26-20-19(3-2-10-24-20)28-13-16-8-11-23-12-9-16/h2-12,14H,13H2,1H3,(H,24,26,27). The zero-order chi connectivity index (χ0) is 20.1. The number of pyridine rings is 2. The van der Waals surface area contributed by atoms with Gasteiger partial charge in [0.2, 0.25) is 0 Å². The molecule has 3 aromatic heterocycles. The van der Waals surface area contributed by atoms with E-state index in [4.69, 9.17) is 4.74 Å². The van der Waals surface area contributed by atoms with E-state index in [1.54, 1.807) is 36.1 Å². The molecule has 0 aliphatic heterocycles. The van der Waals surface area contributed by atoms with Gasteiger partial charge in [0.15, 0.2) is 11.6 Å². The molecule has 6 nitrogen and oxygen atoms in total. The molecule has 0 bridgehead atoms. The largest absolute Gasteiger partial charge is 0.485 e. The summed E-state index contributed by atoms with van der Waals surface area (Å²) in [7, 11) is 0. The summed E-state index contributed by atoms with van der Waals surface area (Å²) in [6, 6.07) is 15.3. The molecule has 7 heteroatoms. The van der Waals surface area contributed by atoms with E-state index in [-0.39, 0.29) is 5.91 Å². The molecular weight excluding hydrogens is 384 g/mol. The summed E-state index contributed by atoms with van der Waals surface area (Å²) in [5, 5.41) is 5.33. The van der Waals surface area contributed by atoms with Gasteiger partial charge >= 0.3 is 0 Å². The maximum absolute atomic E-state index is 12.7. The van der Waals surface area contributed by atoms with Gasteiger partial charge < -0.3 is 10.1 Å². The van der Waals surface area contributed by atoms with Crippen LogP contribution in [0.25, 0.3) is 10.6 Å². The van der Waals surface area contributed by atoms with E-state index in [1.165, 1.54) is 16.9 Å². The van der Waals surface area contributed by atoms with E-state index in [9.17, 15) is 4.79 Å². The van der Waals surface area contributed by atoms with Crippen molar-refractivity contribution in [1.82, 2.24) is 15.0 Å². The van der Waals surface area contributed by atoms with E-state index in [0.717, 1.165) is 16.1 Å². The molecule has 3 heterocycles. The van der Waals surface area contributed by atoms with Crippen LogP contribution < -0.4 is 10.1 Å². The Morgan fingerprint density at radius 3 is 2.66 bits per heavy atom. The van der Waals surface area contributed by atoms with Crippen molar-refractivity contribution in [2.75, 3.05) is 5.32 Å². The number of hydrogen-bond acceptors (Lipinski definition) is 6. The molecular formula is C22H18N4O2S. The van der Waals surface area contributed by atoms with Gasteiger partial charge in [-0.05, 0) is 36.8 Å². The summed E-state index contributed by atoms with van der Waals surface area (Å²) >= 11 is 1.43. The summed E-state index contributed by atoms with van der Waals surface area (Å²) in [6.07, 6.45) is 5.02. The van der Waals surface area contributed by atoms with Crippen molar-refractivity contribution in [3.05, 3.63) is 89.3 Å². The average Bonchev–Trinajstić information content (AvgIpc) is 3.25. The second-order valence-corrected chi connectivity index (χ2v) is 7.21. The number of ether oxygens (including phenoxy) is 1. The number of thiazole rings is 1. The number of benzene rings is 1. The highest BCUT2D eigenvalue weighted by Crippen LogP contribution is 2.26. The molecule has 0 fully saturated rings. The van der Waals surface area contributed by atoms with Gasteiger partial charge in [-0.2, -0.15) is 0 Å². The number of hydrogen-bond donors (Lipinski definition) is 1. The van der Waals surface area contributed by atoms with Crippen LogP contribution >= 0.6 is 11.3 Å². The fourth-order valence-electron chi connectivity index (χ4n) is 2.62. The lowest BCUT2D eigenvalue weighted by Crippen LogP contribution is -2.14. The average molecular weight is 402 g/mol. The number of carbonyl (C=O) groups excluding carboxylic acids is 1. The Bertz CT molecular complexity index is 1110. The van der Waals surface area contributed by atoms with Crippen molar-refractivity contribution in [3.8, 4) is 16.3 Å². The first-order valence-electron chi connectivity index (χ1n) is 9.00. The van der Waals surface area contributed by atoms with Gasteiger partial charge in [0.1, 0.15) is 17.3 Å². The number of anilines is 1. The number of rotatable bonds is 6. The van der Waals surface area contributed by atoms with Gasteiger partial charge in [0, 0.05) is 29.5 Å². The highest BCUT2D eigenvalue weighted by Gasteiger charge is 2.15. The Labute approximate surface area is 172 Å². The monoisotopic (exact) mass is 402 g/mol.